The van der Waals surface area contributed by atoms with Crippen molar-refractivity contribution in [3.63, 3.8) is 0 Å². The van der Waals surface area contributed by atoms with E-state index in [1.54, 1.807) is 147 Å². The van der Waals surface area contributed by atoms with Crippen LogP contribution in [0.2, 0.25) is 0 Å². The van der Waals surface area contributed by atoms with Crippen molar-refractivity contribution < 1.29 is 40.9 Å². The second-order valence-electron chi connectivity index (χ2n) is 18.1. The normalized spacial score (nSPS) is 10.9. The molecule has 0 spiro atoms. The van der Waals surface area contributed by atoms with Gasteiger partial charge in [-0.25, -0.2) is 39.9 Å². The summed E-state index contributed by atoms with van der Waals surface area (Å²) in [5.41, 5.74) is 12.8. The van der Waals surface area contributed by atoms with Crippen LogP contribution in [0.3, 0.4) is 0 Å². The van der Waals surface area contributed by atoms with Crippen LogP contribution in [0.25, 0.3) is 111 Å². The first-order chi connectivity index (χ1) is 39.1. The molecule has 0 aliphatic heterocycles. The average Bonchev–Trinajstić information content (AvgIpc) is 3.68. The Bertz CT molecular complexity index is 3490. The van der Waals surface area contributed by atoms with E-state index in [4.69, 9.17) is 0 Å². The molecule has 4 heterocycles. The highest BCUT2D eigenvalue weighted by molar-refractivity contribution is 6.10. The fraction of sp³-hybridized carbons (Fsp3) is 0. The summed E-state index contributed by atoms with van der Waals surface area (Å²) in [6.45, 7) is 0. The summed E-state index contributed by atoms with van der Waals surface area (Å²) in [6.07, 6.45) is 19.8. The van der Waals surface area contributed by atoms with Gasteiger partial charge in [-0.15, -0.1) is 0 Å². The smallest absolute Gasteiger partial charge is 0.124 e. The fourth-order valence-corrected chi connectivity index (χ4v) is 10.0. The molecule has 12 aromatic rings. The van der Waals surface area contributed by atoms with Crippen molar-refractivity contribution in [1.29, 1.82) is 0 Å². The van der Waals surface area contributed by atoms with Gasteiger partial charge < -0.3 is 40.9 Å². The zero-order chi connectivity index (χ0) is 55.3. The third-order valence-electron chi connectivity index (χ3n) is 13.4. The third kappa shape index (κ3) is 9.58. The first-order valence-electron chi connectivity index (χ1n) is 24.7. The van der Waals surface area contributed by atoms with E-state index < -0.39 is 0 Å². The average molecular weight is 1050 g/mol. The van der Waals surface area contributed by atoms with Crippen LogP contribution in [-0.2, 0) is 0 Å². The number of phenolic OH excluding ortho intramolecular Hbond substituents is 8. The van der Waals surface area contributed by atoms with Gasteiger partial charge in [-0.1, -0.05) is 97.1 Å². The van der Waals surface area contributed by atoms with Gasteiger partial charge >= 0.3 is 0 Å². The lowest BCUT2D eigenvalue weighted by atomic mass is 9.79. The molecule has 14 rings (SSSR count). The van der Waals surface area contributed by atoms with Crippen molar-refractivity contribution in [1.82, 2.24) is 39.9 Å². The molecule has 0 atom stereocenters. The van der Waals surface area contributed by atoms with Crippen LogP contribution in [0, 0.1) is 0 Å². The van der Waals surface area contributed by atoms with E-state index in [-0.39, 0.29) is 46.0 Å². The van der Waals surface area contributed by atoms with Gasteiger partial charge in [-0.2, -0.15) is 0 Å². The molecular weight excluding hydrogens is 1010 g/mol. The SMILES string of the molecule is Oc1cccc2c1-c1c(O)cccc1-c1cccc(O)c1-c1c(O)cccc1-2.Oc1cccc2c1-c1c(O)cccc1-c1cccc(O)c1-c1c(O)cccc1-2.c1ncc(-c2cncnc2)cn1.c1ncc(-c2cncnc2)cn1. The topological polar surface area (TPSA) is 265 Å². The Morgan fingerprint density at radius 3 is 0.425 bits per heavy atom. The Kier molecular flexibility index (Phi) is 13.9. The first kappa shape index (κ1) is 50.6. The Morgan fingerprint density at radius 2 is 0.300 bits per heavy atom. The maximum atomic E-state index is 10.7. The quantitative estimate of drug-likeness (QED) is 0.0800. The molecule has 16 nitrogen and oxygen atoms in total. The number of hydrogen-bond donors (Lipinski definition) is 8. The Balaban J connectivity index is 0.000000121. The van der Waals surface area contributed by atoms with E-state index in [0.717, 1.165) is 22.3 Å². The maximum Gasteiger partial charge on any atom is 0.124 e. The number of aromatic hydroxyl groups is 8. The summed E-state index contributed by atoms with van der Waals surface area (Å²) < 4.78 is 0. The Hall–Kier alpha value is -11.5. The van der Waals surface area contributed by atoms with E-state index in [9.17, 15) is 40.9 Å². The van der Waals surface area contributed by atoms with Gasteiger partial charge in [0.2, 0.25) is 0 Å². The highest BCUT2D eigenvalue weighted by Crippen LogP contribution is 2.58. The van der Waals surface area contributed by atoms with Crippen molar-refractivity contribution in [2.24, 2.45) is 0 Å². The van der Waals surface area contributed by atoms with Gasteiger partial charge in [0.15, 0.2) is 0 Å². The molecule has 0 bridgehead atoms. The highest BCUT2D eigenvalue weighted by atomic mass is 16.3. The number of aromatic nitrogens is 8. The van der Waals surface area contributed by atoms with Gasteiger partial charge in [0, 0.05) is 116 Å². The molecule has 2 aliphatic carbocycles. The molecule has 16 heteroatoms. The van der Waals surface area contributed by atoms with Crippen LogP contribution in [0.4, 0.5) is 0 Å². The predicted octanol–water partition coefficient (Wildman–Crippen LogP) is 12.8. The minimum Gasteiger partial charge on any atom is -0.507 e. The van der Waals surface area contributed by atoms with Crippen LogP contribution in [0.1, 0.15) is 0 Å². The van der Waals surface area contributed by atoms with Gasteiger partial charge in [0.1, 0.15) is 71.3 Å². The van der Waals surface area contributed by atoms with Crippen LogP contribution in [0.5, 0.6) is 46.0 Å². The second-order valence-corrected chi connectivity index (χ2v) is 18.1. The number of phenols is 8. The molecule has 0 fully saturated rings. The molecular formula is C64H44N8O8. The van der Waals surface area contributed by atoms with Gasteiger partial charge in [0.25, 0.3) is 0 Å². The molecule has 80 heavy (non-hydrogen) atoms. The van der Waals surface area contributed by atoms with Crippen LogP contribution < -0.4 is 0 Å². The van der Waals surface area contributed by atoms with E-state index in [1.165, 1.54) is 25.3 Å². The second kappa shape index (κ2) is 22.0. The van der Waals surface area contributed by atoms with Crippen molar-refractivity contribution in [3.8, 4) is 157 Å². The Labute approximate surface area is 456 Å². The van der Waals surface area contributed by atoms with Gasteiger partial charge in [-0.3, -0.25) is 0 Å². The minimum absolute atomic E-state index is 0.0261. The summed E-state index contributed by atoms with van der Waals surface area (Å²) in [6, 6.07) is 40.9. The van der Waals surface area contributed by atoms with Crippen molar-refractivity contribution in [2.45, 2.75) is 0 Å². The molecule has 8 N–H and O–H groups in total. The molecule has 2 aliphatic rings. The highest BCUT2D eigenvalue weighted by Gasteiger charge is 2.31. The number of rotatable bonds is 2. The summed E-state index contributed by atoms with van der Waals surface area (Å²) >= 11 is 0. The third-order valence-corrected chi connectivity index (χ3v) is 13.4. The molecule has 0 amide bonds. The molecule has 0 saturated carbocycles. The lowest BCUT2D eigenvalue weighted by Crippen LogP contribution is -1.98. The zero-order valence-corrected chi connectivity index (χ0v) is 41.9. The van der Waals surface area contributed by atoms with Gasteiger partial charge in [-0.05, 0) is 93.0 Å². The summed E-state index contributed by atoms with van der Waals surface area (Å²) in [5, 5.41) is 85.8. The summed E-state index contributed by atoms with van der Waals surface area (Å²) in [5.74, 6) is 0.208. The van der Waals surface area contributed by atoms with E-state index in [1.807, 2.05) is 48.5 Å². The summed E-state index contributed by atoms with van der Waals surface area (Å²) in [4.78, 5) is 31.2. The van der Waals surface area contributed by atoms with Crippen molar-refractivity contribution >= 4 is 0 Å². The maximum absolute atomic E-state index is 10.7. The van der Waals surface area contributed by atoms with E-state index in [0.29, 0.717) is 89.0 Å². The van der Waals surface area contributed by atoms with E-state index >= 15 is 0 Å². The molecule has 8 aromatic carbocycles. The standard InChI is InChI=1S/2C24H16O4.2C8H6N4/c2*25-17-9-1-5-13-14-6-2-10-18(26)22(14)24-16(8-4-12-20(24)28)15-7-3-11-19(27)23(15)21(13)17;2*1-7(2-10-5-9-1)8-3-11-6-12-4-8/h2*1-12,25-28H;2*1-6H. The number of nitrogens with zero attached hydrogens (tertiary/aromatic N) is 8. The fourth-order valence-electron chi connectivity index (χ4n) is 10.0. The van der Waals surface area contributed by atoms with Crippen molar-refractivity contribution in [2.75, 3.05) is 0 Å². The number of fused-ring (bicyclic) bond motifs is 16. The molecule has 0 unspecified atom stereocenters. The molecule has 0 radical (unpaired) electrons. The van der Waals surface area contributed by atoms with E-state index in [2.05, 4.69) is 39.9 Å². The predicted molar refractivity (Wildman–Crippen MR) is 303 cm³/mol. The van der Waals surface area contributed by atoms with Crippen molar-refractivity contribution in [3.05, 3.63) is 220 Å². The zero-order valence-electron chi connectivity index (χ0n) is 41.9. The first-order valence-corrected chi connectivity index (χ1v) is 24.7. The lowest BCUT2D eigenvalue weighted by Gasteiger charge is -2.25. The minimum atomic E-state index is 0.0261. The number of benzene rings is 8. The summed E-state index contributed by atoms with van der Waals surface area (Å²) in [7, 11) is 0. The molecule has 0 saturated heterocycles. The van der Waals surface area contributed by atoms with Crippen LogP contribution >= 0.6 is 0 Å². The largest absolute Gasteiger partial charge is 0.507 e. The van der Waals surface area contributed by atoms with Crippen LogP contribution in [0.15, 0.2) is 220 Å². The van der Waals surface area contributed by atoms with Crippen LogP contribution in [-0.4, -0.2) is 80.7 Å². The molecule has 4 aromatic heterocycles. The monoisotopic (exact) mass is 1050 g/mol. The Morgan fingerprint density at radius 1 is 0.175 bits per heavy atom. The molecule has 388 valence electrons. The van der Waals surface area contributed by atoms with Gasteiger partial charge in [0.05, 0.1) is 0 Å². The lowest BCUT2D eigenvalue weighted by molar-refractivity contribution is 0.468. The number of hydrogen-bond acceptors (Lipinski definition) is 16.